The van der Waals surface area contributed by atoms with Crippen molar-refractivity contribution in [2.45, 2.75) is 0 Å². The number of furan rings is 1. The summed E-state index contributed by atoms with van der Waals surface area (Å²) in [5.41, 5.74) is 7.67. The number of pyridine rings is 1. The van der Waals surface area contributed by atoms with E-state index in [1.807, 2.05) is 24.4 Å². The van der Waals surface area contributed by atoms with Crippen LogP contribution in [0.2, 0.25) is 0 Å². The van der Waals surface area contributed by atoms with Crippen molar-refractivity contribution >= 4 is 65.3 Å². The maximum absolute atomic E-state index is 6.25. The molecule has 6 nitrogen and oxygen atoms in total. The molecule has 0 aliphatic rings. The summed E-state index contributed by atoms with van der Waals surface area (Å²) in [4.78, 5) is 20.0. The van der Waals surface area contributed by atoms with Gasteiger partial charge in [0.25, 0.3) is 0 Å². The number of nitrogens with zero attached hydrogens (tertiary/aromatic N) is 5. The van der Waals surface area contributed by atoms with Crippen molar-refractivity contribution in [3.63, 3.8) is 0 Å². The van der Waals surface area contributed by atoms with E-state index < -0.39 is 0 Å². The first kappa shape index (κ1) is 28.6. The molecule has 0 saturated carbocycles. The molecule has 7 aromatic carbocycles. The van der Waals surface area contributed by atoms with E-state index in [0.29, 0.717) is 17.5 Å². The van der Waals surface area contributed by atoms with Crippen molar-refractivity contribution in [1.82, 2.24) is 24.5 Å². The molecule has 0 N–H and O–H groups in total. The number of hydrogen-bond donors (Lipinski definition) is 0. The van der Waals surface area contributed by atoms with Gasteiger partial charge in [-0.05, 0) is 58.6 Å². The molecule has 0 amide bonds. The predicted octanol–water partition coefficient (Wildman–Crippen LogP) is 11.6. The molecule has 52 heavy (non-hydrogen) atoms. The van der Waals surface area contributed by atoms with Gasteiger partial charge in [-0.2, -0.15) is 0 Å². The average Bonchev–Trinajstić information content (AvgIpc) is 3.76. The summed E-state index contributed by atoms with van der Waals surface area (Å²) in [6, 6.07) is 52.7. The Morgan fingerprint density at radius 3 is 1.92 bits per heavy atom. The molecule has 0 radical (unpaired) electrons. The molecule has 0 atom stereocenters. The predicted molar refractivity (Wildman–Crippen MR) is 211 cm³/mol. The second kappa shape index (κ2) is 11.2. The van der Waals surface area contributed by atoms with Crippen molar-refractivity contribution < 1.29 is 4.42 Å². The molecule has 0 aliphatic heterocycles. The van der Waals surface area contributed by atoms with E-state index in [1.54, 1.807) is 6.20 Å². The van der Waals surface area contributed by atoms with Crippen molar-refractivity contribution in [3.8, 4) is 39.9 Å². The van der Waals surface area contributed by atoms with Crippen LogP contribution >= 0.6 is 0 Å². The fourth-order valence-corrected chi connectivity index (χ4v) is 7.79. The number of para-hydroxylation sites is 2. The Morgan fingerprint density at radius 2 is 1.12 bits per heavy atom. The molecule has 11 aromatic rings. The van der Waals surface area contributed by atoms with E-state index >= 15 is 0 Å². The highest BCUT2D eigenvalue weighted by molar-refractivity contribution is 6.13. The standard InChI is InChI=1S/C46H27N5O/c1-2-11-29-26-30(21-20-28(29)10-1)44-48-45(50-46(49-44)36-16-9-19-42-43(36)37-27-47-25-24-41(37)52-42)35-22-23-40(32-13-4-3-12-31(32)35)51-38-17-7-5-14-33(38)34-15-6-8-18-39(34)51/h1-27H. The van der Waals surface area contributed by atoms with E-state index in [-0.39, 0.29) is 0 Å². The smallest absolute Gasteiger partial charge is 0.164 e. The van der Waals surface area contributed by atoms with E-state index in [9.17, 15) is 0 Å². The maximum atomic E-state index is 6.25. The molecule has 4 aromatic heterocycles. The normalized spacial score (nSPS) is 11.8. The molecule has 0 aliphatic carbocycles. The summed E-state index contributed by atoms with van der Waals surface area (Å²) in [5.74, 6) is 1.77. The SMILES string of the molecule is c1ccc2cc(-c3nc(-c4ccc(-n5c6ccccc6c6ccccc65)c5ccccc45)nc(-c4cccc5oc6ccncc6c45)n3)ccc2c1. The lowest BCUT2D eigenvalue weighted by atomic mass is 10.0. The second-order valence-corrected chi connectivity index (χ2v) is 13.1. The Balaban J connectivity index is 1.18. The minimum atomic E-state index is 0.570. The lowest BCUT2D eigenvalue weighted by molar-refractivity contribution is 0.668. The Hall–Kier alpha value is -7.18. The van der Waals surface area contributed by atoms with Gasteiger partial charge in [-0.1, -0.05) is 109 Å². The van der Waals surface area contributed by atoms with E-state index in [0.717, 1.165) is 76.9 Å². The molecule has 0 saturated heterocycles. The second-order valence-electron chi connectivity index (χ2n) is 13.1. The highest BCUT2D eigenvalue weighted by Crippen LogP contribution is 2.39. The Kier molecular flexibility index (Phi) is 6.15. The van der Waals surface area contributed by atoms with Crippen LogP contribution in [0, 0.1) is 0 Å². The highest BCUT2D eigenvalue weighted by atomic mass is 16.3. The first-order valence-corrected chi connectivity index (χ1v) is 17.3. The Labute approximate surface area is 297 Å². The first-order valence-electron chi connectivity index (χ1n) is 17.3. The van der Waals surface area contributed by atoms with Gasteiger partial charge in [0.2, 0.25) is 0 Å². The Bertz CT molecular complexity index is 3160. The molecule has 0 spiro atoms. The van der Waals surface area contributed by atoms with E-state index in [2.05, 4.69) is 143 Å². The number of hydrogen-bond acceptors (Lipinski definition) is 5. The van der Waals surface area contributed by atoms with Crippen molar-refractivity contribution in [1.29, 1.82) is 0 Å². The van der Waals surface area contributed by atoms with Crippen molar-refractivity contribution in [2.75, 3.05) is 0 Å². The zero-order chi connectivity index (χ0) is 34.2. The lowest BCUT2D eigenvalue weighted by Crippen LogP contribution is -2.02. The summed E-state index contributed by atoms with van der Waals surface area (Å²) in [5, 5.41) is 8.75. The van der Waals surface area contributed by atoms with Gasteiger partial charge < -0.3 is 8.98 Å². The molecule has 4 heterocycles. The third-order valence-electron chi connectivity index (χ3n) is 10.1. The minimum Gasteiger partial charge on any atom is -0.456 e. The highest BCUT2D eigenvalue weighted by Gasteiger charge is 2.21. The summed E-state index contributed by atoms with van der Waals surface area (Å²) >= 11 is 0. The fourth-order valence-electron chi connectivity index (χ4n) is 7.79. The number of rotatable bonds is 4. The molecule has 0 fully saturated rings. The van der Waals surface area contributed by atoms with Crippen LogP contribution < -0.4 is 0 Å². The average molecular weight is 666 g/mol. The zero-order valence-corrected chi connectivity index (χ0v) is 27.7. The quantitative estimate of drug-likeness (QED) is 0.187. The summed E-state index contributed by atoms with van der Waals surface area (Å²) in [6.07, 6.45) is 3.59. The van der Waals surface area contributed by atoms with Gasteiger partial charge in [0, 0.05) is 56.0 Å². The minimum absolute atomic E-state index is 0.570. The molecule has 242 valence electrons. The van der Waals surface area contributed by atoms with Crippen LogP contribution in [0.25, 0.3) is 105 Å². The number of aromatic nitrogens is 5. The largest absolute Gasteiger partial charge is 0.456 e. The van der Waals surface area contributed by atoms with Crippen molar-refractivity contribution in [3.05, 3.63) is 164 Å². The number of fused-ring (bicyclic) bond motifs is 8. The molecule has 11 rings (SSSR count). The topological polar surface area (TPSA) is 69.6 Å². The van der Waals surface area contributed by atoms with Crippen LogP contribution in [0.5, 0.6) is 0 Å². The van der Waals surface area contributed by atoms with Crippen molar-refractivity contribution in [2.24, 2.45) is 0 Å². The molecule has 6 heteroatoms. The first-order chi connectivity index (χ1) is 25.8. The van der Waals surface area contributed by atoms with Crippen LogP contribution in [0.15, 0.2) is 168 Å². The van der Waals surface area contributed by atoms with Crippen LogP contribution in [0.3, 0.4) is 0 Å². The van der Waals surface area contributed by atoms with Crippen LogP contribution in [0.4, 0.5) is 0 Å². The molecular weight excluding hydrogens is 639 g/mol. The van der Waals surface area contributed by atoms with Gasteiger partial charge in [0.05, 0.1) is 16.7 Å². The fraction of sp³-hybridized carbons (Fsp3) is 0. The monoisotopic (exact) mass is 665 g/mol. The maximum Gasteiger partial charge on any atom is 0.164 e. The zero-order valence-electron chi connectivity index (χ0n) is 27.7. The van der Waals surface area contributed by atoms with E-state index in [1.165, 1.54) is 10.8 Å². The van der Waals surface area contributed by atoms with Crippen LogP contribution in [0.1, 0.15) is 0 Å². The molecule has 0 bridgehead atoms. The number of benzene rings is 7. The van der Waals surface area contributed by atoms with Crippen LogP contribution in [-0.2, 0) is 0 Å². The summed E-state index contributed by atoms with van der Waals surface area (Å²) in [7, 11) is 0. The van der Waals surface area contributed by atoms with Gasteiger partial charge in [0.1, 0.15) is 11.2 Å². The lowest BCUT2D eigenvalue weighted by Gasteiger charge is -2.15. The molecular formula is C46H27N5O. The summed E-state index contributed by atoms with van der Waals surface area (Å²) < 4.78 is 8.62. The Morgan fingerprint density at radius 1 is 0.442 bits per heavy atom. The molecule has 0 unspecified atom stereocenters. The van der Waals surface area contributed by atoms with E-state index in [4.69, 9.17) is 19.4 Å². The van der Waals surface area contributed by atoms with Gasteiger partial charge in [-0.15, -0.1) is 0 Å². The third-order valence-corrected chi connectivity index (χ3v) is 10.1. The third kappa shape index (κ3) is 4.31. The van der Waals surface area contributed by atoms with Crippen LogP contribution in [-0.4, -0.2) is 24.5 Å². The summed E-state index contributed by atoms with van der Waals surface area (Å²) in [6.45, 7) is 0. The van der Waals surface area contributed by atoms with Gasteiger partial charge in [-0.3, -0.25) is 4.98 Å². The van der Waals surface area contributed by atoms with Gasteiger partial charge in [0.15, 0.2) is 17.5 Å². The van der Waals surface area contributed by atoms with Gasteiger partial charge in [-0.25, -0.2) is 15.0 Å². The van der Waals surface area contributed by atoms with Gasteiger partial charge >= 0.3 is 0 Å².